The Bertz CT molecular complexity index is 601. The fraction of sp³-hybridized carbons (Fsp3) is 0.214. The maximum atomic E-state index is 12.0. The number of aryl methyl sites for hydroxylation is 1. The second kappa shape index (κ2) is 6.12. The molecule has 1 heterocycles. The lowest BCUT2D eigenvalue weighted by Crippen LogP contribution is -2.27. The highest BCUT2D eigenvalue weighted by atomic mass is 32.1. The zero-order chi connectivity index (χ0) is 13.7. The Morgan fingerprint density at radius 2 is 2.21 bits per heavy atom. The van der Waals surface area contributed by atoms with Gasteiger partial charge in [-0.3, -0.25) is 4.79 Å². The molecule has 0 radical (unpaired) electrons. The molecule has 19 heavy (non-hydrogen) atoms. The summed E-state index contributed by atoms with van der Waals surface area (Å²) in [5.41, 5.74) is 0.711. The van der Waals surface area contributed by atoms with Crippen molar-refractivity contribution in [1.29, 1.82) is 5.26 Å². The van der Waals surface area contributed by atoms with Crippen LogP contribution in [0.2, 0.25) is 0 Å². The molecule has 0 aliphatic carbocycles. The number of nitriles is 1. The van der Waals surface area contributed by atoms with E-state index in [2.05, 4.69) is 10.3 Å². The summed E-state index contributed by atoms with van der Waals surface area (Å²) in [7, 11) is 0. The predicted octanol–water partition coefficient (Wildman–Crippen LogP) is 2.38. The van der Waals surface area contributed by atoms with E-state index in [0.29, 0.717) is 12.1 Å². The second-order valence-electron chi connectivity index (χ2n) is 4.04. The first-order valence-corrected chi connectivity index (χ1v) is 6.66. The lowest BCUT2D eigenvalue weighted by Gasteiger charge is -2.09. The van der Waals surface area contributed by atoms with Gasteiger partial charge in [0, 0.05) is 11.1 Å². The molecule has 96 valence electrons. The van der Waals surface area contributed by atoms with Crippen molar-refractivity contribution in [3.05, 3.63) is 52.0 Å². The maximum Gasteiger partial charge on any atom is 0.242 e. The highest BCUT2D eigenvalue weighted by Gasteiger charge is 2.19. The molecular formula is C14H13N3OS. The van der Waals surface area contributed by atoms with Crippen molar-refractivity contribution in [1.82, 2.24) is 10.3 Å². The molecule has 0 saturated heterocycles. The van der Waals surface area contributed by atoms with Gasteiger partial charge in [0.2, 0.25) is 5.91 Å². The van der Waals surface area contributed by atoms with E-state index in [1.54, 1.807) is 18.3 Å². The van der Waals surface area contributed by atoms with Gasteiger partial charge in [0.05, 0.1) is 17.6 Å². The van der Waals surface area contributed by atoms with Gasteiger partial charge in [-0.05, 0) is 12.5 Å². The van der Waals surface area contributed by atoms with E-state index < -0.39 is 5.92 Å². The lowest BCUT2D eigenvalue weighted by atomic mass is 10.00. The van der Waals surface area contributed by atoms with Crippen molar-refractivity contribution in [2.45, 2.75) is 19.4 Å². The molecule has 0 spiro atoms. The molecule has 4 nitrogen and oxygen atoms in total. The molecule has 0 aliphatic heterocycles. The van der Waals surface area contributed by atoms with Gasteiger partial charge < -0.3 is 5.32 Å². The monoisotopic (exact) mass is 271 g/mol. The van der Waals surface area contributed by atoms with Crippen LogP contribution in [0, 0.1) is 18.3 Å². The largest absolute Gasteiger partial charge is 0.350 e. The van der Waals surface area contributed by atoms with Gasteiger partial charge in [0.1, 0.15) is 5.92 Å². The van der Waals surface area contributed by atoms with Gasteiger partial charge in [-0.2, -0.15) is 5.26 Å². The first kappa shape index (κ1) is 13.2. The van der Waals surface area contributed by atoms with E-state index in [-0.39, 0.29) is 5.91 Å². The van der Waals surface area contributed by atoms with E-state index >= 15 is 0 Å². The maximum absolute atomic E-state index is 12.0. The number of benzene rings is 1. The van der Waals surface area contributed by atoms with Gasteiger partial charge in [-0.1, -0.05) is 30.3 Å². The van der Waals surface area contributed by atoms with Gasteiger partial charge >= 0.3 is 0 Å². The number of thiazole rings is 1. The first-order chi connectivity index (χ1) is 9.20. The molecule has 1 unspecified atom stereocenters. The number of aromatic nitrogens is 1. The van der Waals surface area contributed by atoms with Crippen LogP contribution in [0.1, 0.15) is 21.4 Å². The summed E-state index contributed by atoms with van der Waals surface area (Å²) in [5.74, 6) is -1.05. The molecule has 0 fully saturated rings. The summed E-state index contributed by atoms with van der Waals surface area (Å²) in [6, 6.07) is 11.1. The van der Waals surface area contributed by atoms with E-state index in [9.17, 15) is 4.79 Å². The molecule has 0 saturated carbocycles. The Hall–Kier alpha value is -2.19. The number of carbonyl (C=O) groups is 1. The van der Waals surface area contributed by atoms with E-state index in [1.807, 2.05) is 31.2 Å². The normalized spacial score (nSPS) is 11.6. The van der Waals surface area contributed by atoms with Crippen LogP contribution in [-0.4, -0.2) is 10.9 Å². The van der Waals surface area contributed by atoms with Crippen molar-refractivity contribution < 1.29 is 4.79 Å². The molecule has 2 aromatic rings. The third-order valence-electron chi connectivity index (χ3n) is 2.63. The van der Waals surface area contributed by atoms with Crippen LogP contribution < -0.4 is 5.32 Å². The van der Waals surface area contributed by atoms with E-state index in [0.717, 1.165) is 9.88 Å². The Balaban J connectivity index is 2.00. The molecule has 5 heteroatoms. The lowest BCUT2D eigenvalue weighted by molar-refractivity contribution is -0.121. The van der Waals surface area contributed by atoms with Crippen molar-refractivity contribution in [3.8, 4) is 6.07 Å². The summed E-state index contributed by atoms with van der Waals surface area (Å²) >= 11 is 1.54. The number of hydrogen-bond acceptors (Lipinski definition) is 4. The molecule has 1 aromatic carbocycles. The minimum absolute atomic E-state index is 0.278. The molecule has 0 aliphatic rings. The van der Waals surface area contributed by atoms with Crippen LogP contribution in [-0.2, 0) is 11.3 Å². The molecule has 1 aromatic heterocycles. The molecule has 0 bridgehead atoms. The van der Waals surface area contributed by atoms with Crippen molar-refractivity contribution in [2.75, 3.05) is 0 Å². The summed E-state index contributed by atoms with van der Waals surface area (Å²) < 4.78 is 0. The van der Waals surface area contributed by atoms with Gasteiger partial charge in [0.15, 0.2) is 0 Å². The fourth-order valence-electron chi connectivity index (χ4n) is 1.69. The summed E-state index contributed by atoms with van der Waals surface area (Å²) in [4.78, 5) is 17.1. The minimum Gasteiger partial charge on any atom is -0.350 e. The van der Waals surface area contributed by atoms with Gasteiger partial charge in [0.25, 0.3) is 0 Å². The van der Waals surface area contributed by atoms with Gasteiger partial charge in [-0.15, -0.1) is 11.3 Å². The van der Waals surface area contributed by atoms with E-state index in [4.69, 9.17) is 5.26 Å². The average Bonchev–Trinajstić information content (AvgIpc) is 2.84. The van der Waals surface area contributed by atoms with Crippen LogP contribution in [0.3, 0.4) is 0 Å². The second-order valence-corrected chi connectivity index (χ2v) is 5.36. The Kier molecular flexibility index (Phi) is 4.26. The third-order valence-corrected chi connectivity index (χ3v) is 3.54. The van der Waals surface area contributed by atoms with Crippen LogP contribution in [0.25, 0.3) is 0 Å². The Morgan fingerprint density at radius 1 is 1.47 bits per heavy atom. The standard InChI is InChI=1S/C14H13N3OS/c1-10-16-8-12(19-10)9-17-14(18)13(7-15)11-5-3-2-4-6-11/h2-6,8,13H,9H2,1H3,(H,17,18). The Labute approximate surface area is 115 Å². The third kappa shape index (κ3) is 3.39. The zero-order valence-corrected chi connectivity index (χ0v) is 11.3. The highest BCUT2D eigenvalue weighted by Crippen LogP contribution is 2.16. The molecule has 1 N–H and O–H groups in total. The first-order valence-electron chi connectivity index (χ1n) is 5.84. The topological polar surface area (TPSA) is 65.8 Å². The van der Waals surface area contributed by atoms with Crippen LogP contribution in [0.15, 0.2) is 36.5 Å². The smallest absolute Gasteiger partial charge is 0.242 e. The highest BCUT2D eigenvalue weighted by molar-refractivity contribution is 7.11. The van der Waals surface area contributed by atoms with Crippen molar-refractivity contribution in [3.63, 3.8) is 0 Å². The minimum atomic E-state index is -0.768. The number of rotatable bonds is 4. The summed E-state index contributed by atoms with van der Waals surface area (Å²) in [6.07, 6.45) is 1.74. The van der Waals surface area contributed by atoms with Crippen molar-refractivity contribution >= 4 is 17.2 Å². The van der Waals surface area contributed by atoms with Crippen LogP contribution >= 0.6 is 11.3 Å². The summed E-state index contributed by atoms with van der Waals surface area (Å²) in [5, 5.41) is 12.9. The number of nitrogens with zero attached hydrogens (tertiary/aromatic N) is 2. The van der Waals surface area contributed by atoms with Crippen molar-refractivity contribution in [2.24, 2.45) is 0 Å². The zero-order valence-electron chi connectivity index (χ0n) is 10.5. The SMILES string of the molecule is Cc1ncc(CNC(=O)C(C#N)c2ccccc2)s1. The molecule has 1 amide bonds. The molecular weight excluding hydrogens is 258 g/mol. The number of nitrogens with one attached hydrogen (secondary N) is 1. The molecule has 2 rings (SSSR count). The predicted molar refractivity (Wildman–Crippen MR) is 73.5 cm³/mol. The number of hydrogen-bond donors (Lipinski definition) is 1. The van der Waals surface area contributed by atoms with E-state index in [1.165, 1.54) is 11.3 Å². The number of amides is 1. The van der Waals surface area contributed by atoms with Gasteiger partial charge in [-0.25, -0.2) is 4.98 Å². The summed E-state index contributed by atoms with van der Waals surface area (Å²) in [6.45, 7) is 2.33. The molecule has 1 atom stereocenters. The fourth-order valence-corrected chi connectivity index (χ4v) is 2.43. The van der Waals surface area contributed by atoms with Crippen LogP contribution in [0.4, 0.5) is 0 Å². The Morgan fingerprint density at radius 3 is 2.79 bits per heavy atom. The van der Waals surface area contributed by atoms with Crippen LogP contribution in [0.5, 0.6) is 0 Å². The number of carbonyl (C=O) groups excluding carboxylic acids is 1. The quantitative estimate of drug-likeness (QED) is 0.928. The average molecular weight is 271 g/mol.